The number of aryl methyl sites for hydroxylation is 1. The van der Waals surface area contributed by atoms with Gasteiger partial charge in [-0.15, -0.1) is 11.3 Å². The fraction of sp³-hybridized carbons (Fsp3) is 0.300. The molecule has 0 aliphatic heterocycles. The number of aromatic nitrogens is 2. The lowest BCUT2D eigenvalue weighted by Crippen LogP contribution is -2.14. The van der Waals surface area contributed by atoms with Gasteiger partial charge in [-0.05, 0) is 23.9 Å². The Kier molecular flexibility index (Phi) is 3.50. The molecule has 0 bridgehead atoms. The van der Waals surface area contributed by atoms with Gasteiger partial charge in [-0.2, -0.15) is 4.98 Å². The first kappa shape index (κ1) is 11.7. The van der Waals surface area contributed by atoms with Crippen LogP contribution in [0, 0.1) is 6.92 Å². The maximum Gasteiger partial charge on any atom is 0.346 e. The lowest BCUT2D eigenvalue weighted by Gasteiger charge is -2.00. The van der Waals surface area contributed by atoms with Gasteiger partial charge in [-0.1, -0.05) is 5.16 Å². The van der Waals surface area contributed by atoms with Crippen LogP contribution in [0.4, 0.5) is 0 Å². The molecule has 0 atom stereocenters. The lowest BCUT2D eigenvalue weighted by atomic mass is 10.2. The normalized spacial score (nSPS) is 10.6. The van der Waals surface area contributed by atoms with Crippen LogP contribution in [0.15, 0.2) is 16.0 Å². The molecule has 0 aliphatic rings. The van der Waals surface area contributed by atoms with E-state index in [1.807, 2.05) is 0 Å². The Balaban J connectivity index is 1.90. The number of hydrogen-bond acceptors (Lipinski definition) is 6. The van der Waals surface area contributed by atoms with Crippen molar-refractivity contribution in [1.29, 1.82) is 0 Å². The maximum absolute atomic E-state index is 10.9. The molecule has 0 amide bonds. The Bertz CT molecular complexity index is 520. The first-order valence-corrected chi connectivity index (χ1v) is 5.84. The molecular formula is C10H11N3O3S. The molecule has 0 unspecified atom stereocenters. The number of rotatable bonds is 5. The minimum atomic E-state index is -0.898. The van der Waals surface area contributed by atoms with E-state index in [-0.39, 0.29) is 0 Å². The number of carboxylic acids is 1. The number of aromatic carboxylic acids is 1. The molecule has 0 fully saturated rings. The summed E-state index contributed by atoms with van der Waals surface area (Å²) >= 11 is 1.22. The fourth-order valence-corrected chi connectivity index (χ4v) is 2.14. The van der Waals surface area contributed by atoms with Crippen LogP contribution >= 0.6 is 11.3 Å². The van der Waals surface area contributed by atoms with Crippen molar-refractivity contribution in [3.8, 4) is 0 Å². The number of hydrogen-bond donors (Lipinski definition) is 2. The predicted octanol–water partition coefficient (Wildman–Crippen LogP) is 1.43. The molecule has 0 saturated carbocycles. The average Bonchev–Trinajstić information content (AvgIpc) is 2.87. The zero-order valence-corrected chi connectivity index (χ0v) is 9.95. The maximum atomic E-state index is 10.9. The molecular weight excluding hydrogens is 242 g/mol. The number of carbonyl (C=O) groups is 1. The van der Waals surface area contributed by atoms with Gasteiger partial charge in [0.05, 0.1) is 6.54 Å². The molecule has 2 heterocycles. The Hall–Kier alpha value is -1.73. The smallest absolute Gasteiger partial charge is 0.346 e. The summed E-state index contributed by atoms with van der Waals surface area (Å²) in [5, 5.41) is 17.4. The molecule has 0 aliphatic carbocycles. The average molecular weight is 253 g/mol. The highest BCUT2D eigenvalue weighted by atomic mass is 32.1. The predicted molar refractivity (Wildman–Crippen MR) is 60.9 cm³/mol. The third kappa shape index (κ3) is 2.89. The highest BCUT2D eigenvalue weighted by Crippen LogP contribution is 2.16. The standard InChI is InChI=1S/C10H11N3O3S/c1-6-12-8(16-13-6)5-11-4-7-2-3-17-9(7)10(14)15/h2-3,11H,4-5H2,1H3,(H,14,15). The minimum absolute atomic E-state index is 0.360. The molecule has 17 heavy (non-hydrogen) atoms. The van der Waals surface area contributed by atoms with Crippen molar-refractivity contribution in [2.24, 2.45) is 0 Å². The van der Waals surface area contributed by atoms with Gasteiger partial charge >= 0.3 is 5.97 Å². The fourth-order valence-electron chi connectivity index (χ4n) is 1.38. The summed E-state index contributed by atoms with van der Waals surface area (Å²) in [5.74, 6) is 0.184. The van der Waals surface area contributed by atoms with Gasteiger partial charge in [-0.3, -0.25) is 0 Å². The van der Waals surface area contributed by atoms with Crippen molar-refractivity contribution in [1.82, 2.24) is 15.5 Å². The van der Waals surface area contributed by atoms with Gasteiger partial charge in [0, 0.05) is 6.54 Å². The van der Waals surface area contributed by atoms with Crippen LogP contribution in [0.2, 0.25) is 0 Å². The van der Waals surface area contributed by atoms with Crippen molar-refractivity contribution in [3.63, 3.8) is 0 Å². The van der Waals surface area contributed by atoms with E-state index in [1.165, 1.54) is 11.3 Å². The van der Waals surface area contributed by atoms with Crippen molar-refractivity contribution in [2.45, 2.75) is 20.0 Å². The van der Waals surface area contributed by atoms with Crippen LogP contribution in [0.25, 0.3) is 0 Å². The Labute approximate surface area is 101 Å². The summed E-state index contributed by atoms with van der Waals surface area (Å²) in [4.78, 5) is 15.3. The van der Waals surface area contributed by atoms with Crippen LogP contribution in [-0.2, 0) is 13.1 Å². The molecule has 7 heteroatoms. The topological polar surface area (TPSA) is 88.2 Å². The molecule has 2 rings (SSSR count). The van der Waals surface area contributed by atoms with E-state index in [0.717, 1.165) is 5.56 Å². The number of nitrogens with zero attached hydrogens (tertiary/aromatic N) is 2. The van der Waals surface area contributed by atoms with Crippen molar-refractivity contribution < 1.29 is 14.4 Å². The second-order valence-corrected chi connectivity index (χ2v) is 4.34. The molecule has 6 nitrogen and oxygen atoms in total. The number of thiophene rings is 1. The van der Waals surface area contributed by atoms with Crippen molar-refractivity contribution >= 4 is 17.3 Å². The molecule has 0 aromatic carbocycles. The molecule has 0 radical (unpaired) electrons. The van der Waals surface area contributed by atoms with Crippen LogP contribution in [0.5, 0.6) is 0 Å². The van der Waals surface area contributed by atoms with Crippen LogP contribution in [0.1, 0.15) is 27.0 Å². The highest BCUT2D eigenvalue weighted by molar-refractivity contribution is 7.12. The lowest BCUT2D eigenvalue weighted by molar-refractivity contribution is 0.0701. The summed E-state index contributed by atoms with van der Waals surface area (Å²) in [6.07, 6.45) is 0. The monoisotopic (exact) mass is 253 g/mol. The number of carboxylic acid groups (broad SMARTS) is 1. The molecule has 2 aromatic heterocycles. The van der Waals surface area contributed by atoms with E-state index in [1.54, 1.807) is 18.4 Å². The van der Waals surface area contributed by atoms with Crippen LogP contribution in [-0.4, -0.2) is 21.2 Å². The second-order valence-electron chi connectivity index (χ2n) is 3.42. The third-order valence-corrected chi connectivity index (χ3v) is 3.05. The molecule has 0 saturated heterocycles. The van der Waals surface area contributed by atoms with Crippen molar-refractivity contribution in [3.05, 3.63) is 33.6 Å². The second kappa shape index (κ2) is 5.07. The van der Waals surface area contributed by atoms with E-state index in [4.69, 9.17) is 9.63 Å². The van der Waals surface area contributed by atoms with Crippen molar-refractivity contribution in [2.75, 3.05) is 0 Å². The van der Waals surface area contributed by atoms with E-state index in [2.05, 4.69) is 15.5 Å². The molecule has 2 N–H and O–H groups in total. The minimum Gasteiger partial charge on any atom is -0.477 e. The SMILES string of the molecule is Cc1noc(CNCc2ccsc2C(=O)O)n1. The largest absolute Gasteiger partial charge is 0.477 e. The number of nitrogens with one attached hydrogen (secondary N) is 1. The van der Waals surface area contributed by atoms with E-state index < -0.39 is 5.97 Å². The summed E-state index contributed by atoms with van der Waals surface area (Å²) in [5.41, 5.74) is 0.763. The van der Waals surface area contributed by atoms with Gasteiger partial charge in [0.25, 0.3) is 0 Å². The quantitative estimate of drug-likeness (QED) is 0.838. The Morgan fingerprint density at radius 1 is 1.59 bits per heavy atom. The first-order valence-electron chi connectivity index (χ1n) is 4.96. The Morgan fingerprint density at radius 2 is 2.41 bits per heavy atom. The summed E-state index contributed by atoms with van der Waals surface area (Å²) in [6, 6.07) is 1.79. The zero-order chi connectivity index (χ0) is 12.3. The highest BCUT2D eigenvalue weighted by Gasteiger charge is 2.11. The Morgan fingerprint density at radius 3 is 3.06 bits per heavy atom. The molecule has 0 spiro atoms. The third-order valence-electron chi connectivity index (χ3n) is 2.10. The van der Waals surface area contributed by atoms with E-state index in [9.17, 15) is 4.79 Å². The van der Waals surface area contributed by atoms with E-state index >= 15 is 0 Å². The van der Waals surface area contributed by atoms with E-state index in [0.29, 0.717) is 29.7 Å². The van der Waals surface area contributed by atoms with Crippen LogP contribution in [0.3, 0.4) is 0 Å². The zero-order valence-electron chi connectivity index (χ0n) is 9.14. The first-order chi connectivity index (χ1) is 8.16. The van der Waals surface area contributed by atoms with Gasteiger partial charge in [-0.25, -0.2) is 4.79 Å². The summed E-state index contributed by atoms with van der Waals surface area (Å²) < 4.78 is 4.92. The summed E-state index contributed by atoms with van der Waals surface area (Å²) in [6.45, 7) is 2.64. The van der Waals surface area contributed by atoms with Gasteiger partial charge in [0.1, 0.15) is 4.88 Å². The van der Waals surface area contributed by atoms with Crippen LogP contribution < -0.4 is 5.32 Å². The van der Waals surface area contributed by atoms with Gasteiger partial charge < -0.3 is 14.9 Å². The van der Waals surface area contributed by atoms with Gasteiger partial charge in [0.2, 0.25) is 5.89 Å². The summed E-state index contributed by atoms with van der Waals surface area (Å²) in [7, 11) is 0. The van der Waals surface area contributed by atoms with Gasteiger partial charge in [0.15, 0.2) is 5.82 Å². The molecule has 2 aromatic rings. The molecule has 90 valence electrons.